The highest BCUT2D eigenvalue weighted by atomic mass is 32.1. The number of aromatic nitrogens is 1. The highest BCUT2D eigenvalue weighted by Crippen LogP contribution is 2.16. The molecular formula is C15H17N3O2S. The van der Waals surface area contributed by atoms with Crippen molar-refractivity contribution in [2.75, 3.05) is 10.6 Å². The van der Waals surface area contributed by atoms with Crippen LogP contribution in [0, 0.1) is 5.92 Å². The van der Waals surface area contributed by atoms with Gasteiger partial charge < -0.3 is 5.32 Å². The molecule has 2 rings (SSSR count). The second-order valence-corrected chi connectivity index (χ2v) is 5.57. The van der Waals surface area contributed by atoms with Crippen LogP contribution in [0.3, 0.4) is 0 Å². The summed E-state index contributed by atoms with van der Waals surface area (Å²) in [5.74, 6) is -0.350. The number of benzene rings is 1. The highest BCUT2D eigenvalue weighted by Gasteiger charge is 2.12. The Balaban J connectivity index is 2.06. The molecule has 0 bridgehead atoms. The number of rotatable bonds is 5. The van der Waals surface area contributed by atoms with Gasteiger partial charge in [-0.2, -0.15) is 0 Å². The van der Waals surface area contributed by atoms with Gasteiger partial charge in [-0.3, -0.25) is 14.9 Å². The van der Waals surface area contributed by atoms with E-state index in [0.717, 1.165) is 6.42 Å². The van der Waals surface area contributed by atoms with E-state index in [9.17, 15) is 9.59 Å². The summed E-state index contributed by atoms with van der Waals surface area (Å²) in [6.45, 7) is 3.83. The summed E-state index contributed by atoms with van der Waals surface area (Å²) in [6.07, 6.45) is 2.40. The molecule has 5 nitrogen and oxygen atoms in total. The van der Waals surface area contributed by atoms with Gasteiger partial charge in [0.1, 0.15) is 0 Å². The lowest BCUT2D eigenvalue weighted by molar-refractivity contribution is -0.119. The minimum Gasteiger partial charge on any atom is -0.326 e. The molecule has 21 heavy (non-hydrogen) atoms. The van der Waals surface area contributed by atoms with Crippen LogP contribution in [0.2, 0.25) is 0 Å². The predicted octanol–water partition coefficient (Wildman–Crippen LogP) is 3.38. The Kier molecular flexibility index (Phi) is 5.05. The van der Waals surface area contributed by atoms with E-state index in [1.807, 2.05) is 13.8 Å². The minimum atomic E-state index is -0.246. The van der Waals surface area contributed by atoms with Gasteiger partial charge in [-0.25, -0.2) is 4.98 Å². The van der Waals surface area contributed by atoms with Crippen LogP contribution in [-0.4, -0.2) is 16.8 Å². The van der Waals surface area contributed by atoms with Crippen molar-refractivity contribution in [3.63, 3.8) is 0 Å². The topological polar surface area (TPSA) is 71.1 Å². The number of carbonyl (C=O) groups excluding carboxylic acids is 2. The fraction of sp³-hybridized carbons (Fsp3) is 0.267. The molecule has 1 aromatic heterocycles. The fourth-order valence-electron chi connectivity index (χ4n) is 1.64. The van der Waals surface area contributed by atoms with Gasteiger partial charge in [0.25, 0.3) is 5.91 Å². The maximum Gasteiger partial charge on any atom is 0.257 e. The molecule has 0 radical (unpaired) electrons. The zero-order chi connectivity index (χ0) is 15.2. The molecule has 0 aliphatic heterocycles. The summed E-state index contributed by atoms with van der Waals surface area (Å²) < 4.78 is 0. The summed E-state index contributed by atoms with van der Waals surface area (Å²) in [4.78, 5) is 27.9. The average molecular weight is 303 g/mol. The molecule has 2 N–H and O–H groups in total. The van der Waals surface area contributed by atoms with Crippen molar-refractivity contribution in [2.45, 2.75) is 20.3 Å². The molecule has 2 amide bonds. The van der Waals surface area contributed by atoms with Crippen molar-refractivity contribution < 1.29 is 9.59 Å². The molecule has 0 spiro atoms. The summed E-state index contributed by atoms with van der Waals surface area (Å²) in [5.41, 5.74) is 1.10. The first kappa shape index (κ1) is 15.2. The average Bonchev–Trinajstić information content (AvgIpc) is 2.99. The van der Waals surface area contributed by atoms with Crippen LogP contribution in [0.4, 0.5) is 10.8 Å². The second kappa shape index (κ2) is 6.99. The summed E-state index contributed by atoms with van der Waals surface area (Å²) >= 11 is 1.35. The van der Waals surface area contributed by atoms with Crippen LogP contribution in [0.15, 0.2) is 35.8 Å². The van der Waals surface area contributed by atoms with E-state index in [4.69, 9.17) is 0 Å². The Bertz CT molecular complexity index is 626. The molecule has 1 heterocycles. The molecule has 0 aliphatic carbocycles. The second-order valence-electron chi connectivity index (χ2n) is 4.67. The molecular weight excluding hydrogens is 286 g/mol. The zero-order valence-corrected chi connectivity index (χ0v) is 12.7. The summed E-state index contributed by atoms with van der Waals surface area (Å²) in [7, 11) is 0. The minimum absolute atomic E-state index is 0.0463. The van der Waals surface area contributed by atoms with Crippen molar-refractivity contribution in [1.82, 2.24) is 4.98 Å². The molecule has 110 valence electrons. The van der Waals surface area contributed by atoms with E-state index in [-0.39, 0.29) is 17.7 Å². The van der Waals surface area contributed by atoms with E-state index in [1.54, 1.807) is 35.8 Å². The smallest absolute Gasteiger partial charge is 0.257 e. The highest BCUT2D eigenvalue weighted by molar-refractivity contribution is 7.13. The van der Waals surface area contributed by atoms with Crippen LogP contribution in [-0.2, 0) is 4.79 Å². The summed E-state index contributed by atoms with van der Waals surface area (Å²) in [6, 6.07) is 6.86. The normalized spacial score (nSPS) is 11.7. The van der Waals surface area contributed by atoms with Gasteiger partial charge in [-0.15, -0.1) is 11.3 Å². The van der Waals surface area contributed by atoms with Gasteiger partial charge in [-0.05, 0) is 24.6 Å². The maximum atomic E-state index is 12.1. The van der Waals surface area contributed by atoms with Gasteiger partial charge in [0, 0.05) is 28.7 Å². The number of hydrogen-bond acceptors (Lipinski definition) is 4. The maximum absolute atomic E-state index is 12.1. The lowest BCUT2D eigenvalue weighted by Gasteiger charge is -2.10. The Labute approximate surface area is 127 Å². The molecule has 0 fully saturated rings. The molecule has 0 saturated carbocycles. The quantitative estimate of drug-likeness (QED) is 0.889. The molecule has 1 aromatic carbocycles. The molecule has 0 saturated heterocycles. The number of hydrogen-bond donors (Lipinski definition) is 2. The Morgan fingerprint density at radius 2 is 2.14 bits per heavy atom. The first-order valence-corrected chi connectivity index (χ1v) is 7.60. The van der Waals surface area contributed by atoms with E-state index in [1.165, 1.54) is 11.3 Å². The van der Waals surface area contributed by atoms with Crippen LogP contribution in [0.25, 0.3) is 0 Å². The van der Waals surface area contributed by atoms with Crippen LogP contribution in [0.5, 0.6) is 0 Å². The van der Waals surface area contributed by atoms with Crippen molar-refractivity contribution in [3.8, 4) is 0 Å². The van der Waals surface area contributed by atoms with Gasteiger partial charge >= 0.3 is 0 Å². The lowest BCUT2D eigenvalue weighted by atomic mass is 10.1. The number of nitrogens with one attached hydrogen (secondary N) is 2. The zero-order valence-electron chi connectivity index (χ0n) is 11.9. The lowest BCUT2D eigenvalue weighted by Crippen LogP contribution is -2.20. The van der Waals surface area contributed by atoms with Crippen LogP contribution < -0.4 is 10.6 Å². The SMILES string of the molecule is CCC(C)C(=O)Nc1cccc(C(=O)Nc2nccs2)c1. The van der Waals surface area contributed by atoms with Crippen LogP contribution in [0.1, 0.15) is 30.6 Å². The number of carbonyl (C=O) groups is 2. The Morgan fingerprint density at radius 3 is 2.81 bits per heavy atom. The molecule has 1 atom stereocenters. The van der Waals surface area contributed by atoms with Crippen molar-refractivity contribution in [2.24, 2.45) is 5.92 Å². The van der Waals surface area contributed by atoms with E-state index >= 15 is 0 Å². The van der Waals surface area contributed by atoms with Crippen molar-refractivity contribution >= 4 is 34.0 Å². The number of nitrogens with zero attached hydrogens (tertiary/aromatic N) is 1. The van der Waals surface area contributed by atoms with E-state index in [2.05, 4.69) is 15.6 Å². The first-order chi connectivity index (χ1) is 10.1. The monoisotopic (exact) mass is 303 g/mol. The van der Waals surface area contributed by atoms with E-state index < -0.39 is 0 Å². The Hall–Kier alpha value is -2.21. The predicted molar refractivity (Wildman–Crippen MR) is 84.6 cm³/mol. The molecule has 0 aliphatic rings. The first-order valence-electron chi connectivity index (χ1n) is 6.72. The summed E-state index contributed by atoms with van der Waals surface area (Å²) in [5, 5.41) is 7.86. The van der Waals surface area contributed by atoms with Crippen molar-refractivity contribution in [1.29, 1.82) is 0 Å². The number of thiazole rings is 1. The third-order valence-corrected chi connectivity index (χ3v) is 3.79. The molecule has 6 heteroatoms. The number of amides is 2. The Morgan fingerprint density at radius 1 is 1.33 bits per heavy atom. The van der Waals surface area contributed by atoms with E-state index in [0.29, 0.717) is 16.4 Å². The van der Waals surface area contributed by atoms with Gasteiger partial charge in [-0.1, -0.05) is 19.9 Å². The van der Waals surface area contributed by atoms with Crippen LogP contribution >= 0.6 is 11.3 Å². The third-order valence-electron chi connectivity index (χ3n) is 3.11. The fourth-order valence-corrected chi connectivity index (χ4v) is 2.17. The van der Waals surface area contributed by atoms with Crippen molar-refractivity contribution in [3.05, 3.63) is 41.4 Å². The third kappa shape index (κ3) is 4.13. The van der Waals surface area contributed by atoms with Gasteiger partial charge in [0.05, 0.1) is 0 Å². The van der Waals surface area contributed by atoms with Gasteiger partial charge in [0.15, 0.2) is 5.13 Å². The van der Waals surface area contributed by atoms with Gasteiger partial charge in [0.2, 0.25) is 5.91 Å². The largest absolute Gasteiger partial charge is 0.326 e. The number of anilines is 2. The molecule has 2 aromatic rings. The molecule has 1 unspecified atom stereocenters. The standard InChI is InChI=1S/C15H17N3O2S/c1-3-10(2)13(19)17-12-6-4-5-11(9-12)14(20)18-15-16-7-8-21-15/h4-10H,3H2,1-2H3,(H,17,19)(H,16,18,20).